The van der Waals surface area contributed by atoms with Crippen molar-refractivity contribution in [3.05, 3.63) is 40.6 Å². The van der Waals surface area contributed by atoms with Gasteiger partial charge in [0.05, 0.1) is 12.5 Å². The van der Waals surface area contributed by atoms with Gasteiger partial charge in [-0.05, 0) is 11.4 Å². The molecule has 1 atom stereocenters. The number of oxazole rings is 1. The summed E-state index contributed by atoms with van der Waals surface area (Å²) in [5, 5.41) is 9.58. The first-order valence-corrected chi connectivity index (χ1v) is 5.49. The summed E-state index contributed by atoms with van der Waals surface area (Å²) in [6.45, 7) is 1.89. The van der Waals surface area contributed by atoms with E-state index in [1.54, 1.807) is 12.2 Å². The van der Waals surface area contributed by atoms with Crippen molar-refractivity contribution >= 4 is 22.2 Å². The van der Waals surface area contributed by atoms with Gasteiger partial charge in [0.15, 0.2) is 12.2 Å². The summed E-state index contributed by atoms with van der Waals surface area (Å²) in [6.07, 6.45) is 6.61. The number of aldehydes is 1. The number of hydrogen-bond donors (Lipinski definition) is 1. The van der Waals surface area contributed by atoms with Crippen LogP contribution >= 0.6 is 15.9 Å². The second-order valence-electron chi connectivity index (χ2n) is 3.19. The smallest absolute Gasteiger partial charge is 0.197 e. The largest absolute Gasteiger partial charge is 0.448 e. The molecule has 0 fully saturated rings. The molecule has 1 rings (SSSR count). The summed E-state index contributed by atoms with van der Waals surface area (Å²) in [4.78, 5) is 14.2. The van der Waals surface area contributed by atoms with Crippen LogP contribution in [0.15, 0.2) is 33.4 Å². The highest BCUT2D eigenvalue weighted by Crippen LogP contribution is 2.06. The number of carbonyl (C=O) groups excluding carboxylic acids is 1. The lowest BCUT2D eigenvalue weighted by Crippen LogP contribution is -2.06. The van der Waals surface area contributed by atoms with Crippen LogP contribution in [0.4, 0.5) is 0 Å². The van der Waals surface area contributed by atoms with Crippen molar-refractivity contribution in [3.63, 3.8) is 0 Å². The van der Waals surface area contributed by atoms with Crippen molar-refractivity contribution in [2.24, 2.45) is 0 Å². The number of halogens is 1. The molecule has 0 aromatic carbocycles. The molecule has 4 nitrogen and oxygen atoms in total. The van der Waals surface area contributed by atoms with Gasteiger partial charge in [-0.1, -0.05) is 34.2 Å². The van der Waals surface area contributed by atoms with Crippen molar-refractivity contribution in [1.29, 1.82) is 0 Å². The van der Waals surface area contributed by atoms with Crippen molar-refractivity contribution in [2.75, 3.05) is 0 Å². The third-order valence-electron chi connectivity index (χ3n) is 1.73. The highest BCUT2D eigenvalue weighted by Gasteiger charge is 2.07. The lowest BCUT2D eigenvalue weighted by molar-refractivity contribution is 0.111. The van der Waals surface area contributed by atoms with Gasteiger partial charge in [0.1, 0.15) is 12.0 Å². The Hall–Kier alpha value is -1.20. The summed E-state index contributed by atoms with van der Waals surface area (Å²) >= 11 is 3.26. The van der Waals surface area contributed by atoms with Crippen LogP contribution in [0, 0.1) is 0 Å². The van der Waals surface area contributed by atoms with Crippen LogP contribution in [0.25, 0.3) is 0 Å². The lowest BCUT2D eigenvalue weighted by Gasteiger charge is -1.99. The summed E-state index contributed by atoms with van der Waals surface area (Å²) in [7, 11) is 0. The number of carbonyl (C=O) groups is 1. The number of rotatable bonds is 5. The second-order valence-corrected chi connectivity index (χ2v) is 4.44. The number of aromatic nitrogens is 1. The van der Waals surface area contributed by atoms with Crippen LogP contribution < -0.4 is 0 Å². The quantitative estimate of drug-likeness (QED) is 0.666. The average Bonchev–Trinajstić information content (AvgIpc) is 2.65. The SMILES string of the molecule is C/C(Br)=C\C=C\C(O)Cc1nc(C=O)co1. The Morgan fingerprint density at radius 1 is 1.75 bits per heavy atom. The summed E-state index contributed by atoms with van der Waals surface area (Å²) < 4.78 is 5.96. The lowest BCUT2D eigenvalue weighted by atomic mass is 10.2. The molecule has 86 valence electrons. The average molecular weight is 286 g/mol. The highest BCUT2D eigenvalue weighted by atomic mass is 79.9. The van der Waals surface area contributed by atoms with Crippen LogP contribution in [0.1, 0.15) is 23.3 Å². The van der Waals surface area contributed by atoms with Gasteiger partial charge < -0.3 is 9.52 Å². The van der Waals surface area contributed by atoms with E-state index >= 15 is 0 Å². The first kappa shape index (κ1) is 12.9. The molecule has 1 aromatic rings. The monoisotopic (exact) mass is 285 g/mol. The minimum Gasteiger partial charge on any atom is -0.448 e. The van der Waals surface area contributed by atoms with Crippen LogP contribution in [0.2, 0.25) is 0 Å². The molecular weight excluding hydrogens is 274 g/mol. The van der Waals surface area contributed by atoms with E-state index in [2.05, 4.69) is 20.9 Å². The maximum absolute atomic E-state index is 10.3. The zero-order valence-corrected chi connectivity index (χ0v) is 10.3. The van der Waals surface area contributed by atoms with Crippen LogP contribution in [-0.2, 0) is 6.42 Å². The fourth-order valence-electron chi connectivity index (χ4n) is 1.04. The molecule has 0 aliphatic heterocycles. The number of allylic oxidation sites excluding steroid dienone is 3. The normalized spacial score (nSPS) is 14.3. The molecule has 0 aliphatic carbocycles. The van der Waals surface area contributed by atoms with E-state index in [4.69, 9.17) is 4.42 Å². The third-order valence-corrected chi connectivity index (χ3v) is 2.00. The van der Waals surface area contributed by atoms with E-state index in [0.717, 1.165) is 4.48 Å². The second kappa shape index (κ2) is 6.40. The van der Waals surface area contributed by atoms with Gasteiger partial charge in [-0.15, -0.1) is 0 Å². The van der Waals surface area contributed by atoms with Crippen molar-refractivity contribution in [3.8, 4) is 0 Å². The topological polar surface area (TPSA) is 63.3 Å². The van der Waals surface area contributed by atoms with Crippen molar-refractivity contribution < 1.29 is 14.3 Å². The fraction of sp³-hybridized carbons (Fsp3) is 0.273. The fourth-order valence-corrected chi connectivity index (χ4v) is 1.19. The van der Waals surface area contributed by atoms with Gasteiger partial charge in [0.25, 0.3) is 0 Å². The number of nitrogens with zero attached hydrogens (tertiary/aromatic N) is 1. The number of aliphatic hydroxyl groups excluding tert-OH is 1. The summed E-state index contributed by atoms with van der Waals surface area (Å²) in [5.74, 6) is 0.346. The zero-order chi connectivity index (χ0) is 12.0. The van der Waals surface area contributed by atoms with Gasteiger partial charge in [-0.3, -0.25) is 4.79 Å². The standard InChI is InChI=1S/C11H12BrNO3/c1-8(12)3-2-4-10(15)5-11-13-9(6-14)7-16-11/h2-4,6-7,10,15H,5H2,1H3/b4-2+,8-3+. The van der Waals surface area contributed by atoms with Crippen molar-refractivity contribution in [2.45, 2.75) is 19.4 Å². The molecule has 16 heavy (non-hydrogen) atoms. The number of aliphatic hydroxyl groups is 1. The Morgan fingerprint density at radius 2 is 2.50 bits per heavy atom. The molecule has 1 aromatic heterocycles. The summed E-state index contributed by atoms with van der Waals surface area (Å²) in [5.41, 5.74) is 0.238. The molecule has 0 amide bonds. The molecule has 0 radical (unpaired) electrons. The minimum absolute atomic E-state index is 0.238. The molecule has 0 saturated heterocycles. The Kier molecular flexibility index (Phi) is 5.14. The zero-order valence-electron chi connectivity index (χ0n) is 8.76. The van der Waals surface area contributed by atoms with E-state index in [9.17, 15) is 9.90 Å². The Labute approximate surface area is 102 Å². The summed E-state index contributed by atoms with van der Waals surface area (Å²) in [6, 6.07) is 0. The predicted octanol–water partition coefficient (Wildman–Crippen LogP) is 2.25. The molecular formula is C11H12BrNO3. The van der Waals surface area contributed by atoms with Crippen LogP contribution in [-0.4, -0.2) is 22.5 Å². The molecule has 0 bridgehead atoms. The van der Waals surface area contributed by atoms with Gasteiger partial charge in [-0.2, -0.15) is 0 Å². The Bertz CT molecular complexity index is 405. The van der Waals surface area contributed by atoms with Gasteiger partial charge >= 0.3 is 0 Å². The first-order chi connectivity index (χ1) is 7.61. The van der Waals surface area contributed by atoms with E-state index in [1.165, 1.54) is 6.26 Å². The molecule has 1 heterocycles. The van der Waals surface area contributed by atoms with Crippen LogP contribution in [0.5, 0.6) is 0 Å². The van der Waals surface area contributed by atoms with Gasteiger partial charge in [-0.25, -0.2) is 4.98 Å². The molecule has 0 spiro atoms. The van der Waals surface area contributed by atoms with E-state index in [-0.39, 0.29) is 12.1 Å². The third kappa shape index (κ3) is 4.55. The van der Waals surface area contributed by atoms with Gasteiger partial charge in [0, 0.05) is 0 Å². The van der Waals surface area contributed by atoms with E-state index in [1.807, 2.05) is 13.0 Å². The van der Waals surface area contributed by atoms with E-state index < -0.39 is 6.10 Å². The molecule has 1 unspecified atom stereocenters. The van der Waals surface area contributed by atoms with Crippen molar-refractivity contribution in [1.82, 2.24) is 4.98 Å². The minimum atomic E-state index is -0.679. The Morgan fingerprint density at radius 3 is 3.06 bits per heavy atom. The first-order valence-electron chi connectivity index (χ1n) is 4.70. The maximum Gasteiger partial charge on any atom is 0.197 e. The molecule has 0 saturated carbocycles. The van der Waals surface area contributed by atoms with E-state index in [0.29, 0.717) is 12.2 Å². The molecule has 1 N–H and O–H groups in total. The highest BCUT2D eigenvalue weighted by molar-refractivity contribution is 9.11. The van der Waals surface area contributed by atoms with Gasteiger partial charge in [0.2, 0.25) is 0 Å². The molecule has 5 heteroatoms. The maximum atomic E-state index is 10.3. The predicted molar refractivity (Wildman–Crippen MR) is 63.4 cm³/mol. The Balaban J connectivity index is 2.51. The number of hydrogen-bond acceptors (Lipinski definition) is 4. The van der Waals surface area contributed by atoms with Crippen LogP contribution in [0.3, 0.4) is 0 Å². The molecule has 0 aliphatic rings.